The van der Waals surface area contributed by atoms with Crippen molar-refractivity contribution in [2.24, 2.45) is 0 Å². The molecule has 0 spiro atoms. The molecule has 5 N–H and O–H groups in total. The number of nitrogens with zero attached hydrogens (tertiary/aromatic N) is 1. The summed E-state index contributed by atoms with van der Waals surface area (Å²) < 4.78 is 10.7. The number of benzene rings is 1. The molecule has 0 radical (unpaired) electrons. The summed E-state index contributed by atoms with van der Waals surface area (Å²) >= 11 is 0. The highest BCUT2D eigenvalue weighted by atomic mass is 16.5. The molecule has 136 valence electrons. The van der Waals surface area contributed by atoms with Crippen LogP contribution in [0.2, 0.25) is 0 Å². The monoisotopic (exact) mass is 341 g/mol. The number of rotatable bonds is 10. The van der Waals surface area contributed by atoms with Crippen molar-refractivity contribution < 1.29 is 24.8 Å². The summed E-state index contributed by atoms with van der Waals surface area (Å²) in [6, 6.07) is 6.36. The predicted octanol–water partition coefficient (Wildman–Crippen LogP) is -1.08. The molecule has 1 aromatic carbocycles. The fraction of sp³-hybridized carbons (Fsp3) is 0.625. The Bertz CT molecular complexity index is 454. The van der Waals surface area contributed by atoms with Crippen LogP contribution in [-0.4, -0.2) is 85.2 Å². The number of morpholine rings is 1. The lowest BCUT2D eigenvalue weighted by molar-refractivity contribution is -0.0737. The van der Waals surface area contributed by atoms with Crippen LogP contribution in [0, 0.1) is 0 Å². The number of hydrogen-bond acceptors (Lipinski definition) is 8. The maximum atomic E-state index is 9.96. The van der Waals surface area contributed by atoms with Crippen molar-refractivity contribution in [3.63, 3.8) is 0 Å². The summed E-state index contributed by atoms with van der Waals surface area (Å²) in [5, 5.41) is 35.1. The number of aliphatic hydroxyl groups is 2. The van der Waals surface area contributed by atoms with Crippen molar-refractivity contribution in [3.8, 4) is 11.5 Å². The van der Waals surface area contributed by atoms with Gasteiger partial charge >= 0.3 is 0 Å². The second-order valence-corrected chi connectivity index (χ2v) is 5.64. The second kappa shape index (κ2) is 10.4. The summed E-state index contributed by atoms with van der Waals surface area (Å²) in [7, 11) is 0. The molecular formula is C16H27N3O5. The quantitative estimate of drug-likeness (QED) is 0.270. The standard InChI is InChI=1S/C16H27N3O5/c20-13-1-3-15(4-2-13)24-12-14(21)11-17-5-6-18-16(22)19-7-9-23-10-8-19/h1-4,14,16-18,20-22H,5-12H2. The lowest BCUT2D eigenvalue weighted by Crippen LogP contribution is -2.51. The number of hydrogen-bond donors (Lipinski definition) is 5. The van der Waals surface area contributed by atoms with Gasteiger partial charge in [0.1, 0.15) is 24.2 Å². The highest BCUT2D eigenvalue weighted by molar-refractivity contribution is 5.30. The Hall–Kier alpha value is -1.42. The molecule has 2 rings (SSSR count). The molecule has 0 saturated carbocycles. The molecular weight excluding hydrogens is 314 g/mol. The average Bonchev–Trinajstić information content (AvgIpc) is 2.61. The minimum absolute atomic E-state index is 0.168. The van der Waals surface area contributed by atoms with Gasteiger partial charge in [0.25, 0.3) is 0 Å². The summed E-state index contributed by atoms with van der Waals surface area (Å²) in [6.45, 7) is 4.50. The number of ether oxygens (including phenoxy) is 2. The van der Waals surface area contributed by atoms with Crippen LogP contribution in [-0.2, 0) is 4.74 Å². The number of aliphatic hydroxyl groups excluding tert-OH is 2. The zero-order valence-corrected chi connectivity index (χ0v) is 13.7. The van der Waals surface area contributed by atoms with E-state index >= 15 is 0 Å². The molecule has 0 amide bonds. The smallest absolute Gasteiger partial charge is 0.163 e. The largest absolute Gasteiger partial charge is 0.508 e. The zero-order chi connectivity index (χ0) is 17.2. The average molecular weight is 341 g/mol. The molecule has 0 aliphatic carbocycles. The van der Waals surface area contributed by atoms with Gasteiger partial charge in [-0.1, -0.05) is 0 Å². The van der Waals surface area contributed by atoms with Crippen LogP contribution < -0.4 is 15.4 Å². The molecule has 1 aliphatic heterocycles. The molecule has 1 fully saturated rings. The Morgan fingerprint density at radius 3 is 2.54 bits per heavy atom. The van der Waals surface area contributed by atoms with E-state index in [0.717, 1.165) is 13.1 Å². The van der Waals surface area contributed by atoms with Crippen LogP contribution in [0.3, 0.4) is 0 Å². The first-order chi connectivity index (χ1) is 11.6. The van der Waals surface area contributed by atoms with Gasteiger partial charge in [0.2, 0.25) is 0 Å². The Kier molecular flexibility index (Phi) is 8.23. The van der Waals surface area contributed by atoms with Gasteiger partial charge in [-0.3, -0.25) is 10.2 Å². The normalized spacial score (nSPS) is 18.2. The third-order valence-corrected chi connectivity index (χ3v) is 3.68. The zero-order valence-electron chi connectivity index (χ0n) is 13.7. The molecule has 1 aliphatic rings. The second-order valence-electron chi connectivity index (χ2n) is 5.64. The number of aromatic hydroxyl groups is 1. The van der Waals surface area contributed by atoms with Gasteiger partial charge in [-0.05, 0) is 24.3 Å². The summed E-state index contributed by atoms with van der Waals surface area (Å²) in [4.78, 5) is 1.92. The van der Waals surface area contributed by atoms with Crippen molar-refractivity contribution in [1.82, 2.24) is 15.5 Å². The molecule has 2 atom stereocenters. The van der Waals surface area contributed by atoms with Gasteiger partial charge < -0.3 is 30.1 Å². The van der Waals surface area contributed by atoms with E-state index in [1.54, 1.807) is 12.1 Å². The van der Waals surface area contributed by atoms with Crippen molar-refractivity contribution in [2.45, 2.75) is 12.5 Å². The van der Waals surface area contributed by atoms with E-state index in [9.17, 15) is 15.3 Å². The molecule has 1 aromatic rings. The Morgan fingerprint density at radius 1 is 1.12 bits per heavy atom. The highest BCUT2D eigenvalue weighted by Crippen LogP contribution is 2.15. The Morgan fingerprint density at radius 2 is 1.83 bits per heavy atom. The Labute approximate surface area is 142 Å². The maximum Gasteiger partial charge on any atom is 0.163 e. The number of phenols is 1. The number of nitrogens with one attached hydrogen (secondary N) is 2. The molecule has 24 heavy (non-hydrogen) atoms. The van der Waals surface area contributed by atoms with Crippen LogP contribution in [0.1, 0.15) is 0 Å². The van der Waals surface area contributed by atoms with Gasteiger partial charge in [0.05, 0.1) is 13.2 Å². The summed E-state index contributed by atoms with van der Waals surface area (Å²) in [5.41, 5.74) is 0. The molecule has 0 bridgehead atoms. The van der Waals surface area contributed by atoms with Crippen molar-refractivity contribution in [3.05, 3.63) is 24.3 Å². The first-order valence-electron chi connectivity index (χ1n) is 8.19. The van der Waals surface area contributed by atoms with E-state index < -0.39 is 12.5 Å². The van der Waals surface area contributed by atoms with Crippen molar-refractivity contribution in [1.29, 1.82) is 0 Å². The fourth-order valence-electron chi connectivity index (χ4n) is 2.30. The van der Waals surface area contributed by atoms with Gasteiger partial charge in [-0.25, -0.2) is 0 Å². The molecule has 8 heteroatoms. The molecule has 8 nitrogen and oxygen atoms in total. The Balaban J connectivity index is 1.49. The predicted molar refractivity (Wildman–Crippen MR) is 88.9 cm³/mol. The van der Waals surface area contributed by atoms with Gasteiger partial charge in [0, 0.05) is 32.7 Å². The van der Waals surface area contributed by atoms with E-state index in [4.69, 9.17) is 9.47 Å². The molecule has 1 heterocycles. The van der Waals surface area contributed by atoms with Crippen LogP contribution in [0.15, 0.2) is 24.3 Å². The maximum absolute atomic E-state index is 9.96. The topological polar surface area (TPSA) is 106 Å². The van der Waals surface area contributed by atoms with Crippen LogP contribution in [0.4, 0.5) is 0 Å². The molecule has 0 aromatic heterocycles. The highest BCUT2D eigenvalue weighted by Gasteiger charge is 2.17. The van der Waals surface area contributed by atoms with E-state index in [-0.39, 0.29) is 12.4 Å². The van der Waals surface area contributed by atoms with E-state index in [2.05, 4.69) is 10.6 Å². The summed E-state index contributed by atoms with van der Waals surface area (Å²) in [6.07, 6.45) is -1.30. The van der Waals surface area contributed by atoms with E-state index in [1.165, 1.54) is 12.1 Å². The molecule has 2 unspecified atom stereocenters. The minimum atomic E-state index is -0.668. The van der Waals surface area contributed by atoms with E-state index in [1.807, 2.05) is 4.90 Å². The lowest BCUT2D eigenvalue weighted by atomic mass is 10.3. The lowest BCUT2D eigenvalue weighted by Gasteiger charge is -2.31. The minimum Gasteiger partial charge on any atom is -0.508 e. The van der Waals surface area contributed by atoms with Gasteiger partial charge in [-0.15, -0.1) is 0 Å². The van der Waals surface area contributed by atoms with Gasteiger partial charge in [0.15, 0.2) is 6.35 Å². The van der Waals surface area contributed by atoms with Crippen LogP contribution >= 0.6 is 0 Å². The first-order valence-corrected chi connectivity index (χ1v) is 8.19. The third-order valence-electron chi connectivity index (χ3n) is 3.68. The van der Waals surface area contributed by atoms with E-state index in [0.29, 0.717) is 38.6 Å². The van der Waals surface area contributed by atoms with Crippen molar-refractivity contribution in [2.75, 3.05) is 52.5 Å². The van der Waals surface area contributed by atoms with Crippen LogP contribution in [0.25, 0.3) is 0 Å². The van der Waals surface area contributed by atoms with Crippen molar-refractivity contribution >= 4 is 0 Å². The first kappa shape index (κ1) is 18.9. The fourth-order valence-corrected chi connectivity index (χ4v) is 2.30. The van der Waals surface area contributed by atoms with Crippen LogP contribution in [0.5, 0.6) is 11.5 Å². The third kappa shape index (κ3) is 7.00. The molecule has 1 saturated heterocycles. The SMILES string of the molecule is Oc1ccc(OCC(O)CNCCNC(O)N2CCOCC2)cc1. The summed E-state index contributed by atoms with van der Waals surface area (Å²) in [5.74, 6) is 0.776. The van der Waals surface area contributed by atoms with Gasteiger partial charge in [-0.2, -0.15) is 0 Å². The number of phenolic OH excluding ortho intramolecular Hbond substituents is 1.